The molecule has 0 spiro atoms. The zero-order chi connectivity index (χ0) is 24.3. The first kappa shape index (κ1) is 28.3. The van der Waals surface area contributed by atoms with Gasteiger partial charge in [-0.3, -0.25) is 19.2 Å². The maximum absolute atomic E-state index is 12.8. The molecule has 0 radical (unpaired) electrons. The Morgan fingerprint density at radius 1 is 0.710 bits per heavy atom. The van der Waals surface area contributed by atoms with Gasteiger partial charge in [-0.1, -0.05) is 27.7 Å². The summed E-state index contributed by atoms with van der Waals surface area (Å²) in [7, 11) is 0. The quantitative estimate of drug-likeness (QED) is 0.213. The molecular formula is C20H36N4O7. The average molecular weight is 445 g/mol. The zero-order valence-electron chi connectivity index (χ0n) is 18.8. The second-order valence-corrected chi connectivity index (χ2v) is 8.50. The van der Waals surface area contributed by atoms with E-state index in [1.165, 1.54) is 6.92 Å². The van der Waals surface area contributed by atoms with Crippen molar-refractivity contribution < 1.29 is 34.2 Å². The Hall–Kier alpha value is -2.69. The number of hydrogen-bond donors (Lipinski definition) is 6. The molecule has 11 nitrogen and oxygen atoms in total. The van der Waals surface area contributed by atoms with E-state index in [2.05, 4.69) is 16.0 Å². The van der Waals surface area contributed by atoms with Gasteiger partial charge in [-0.25, -0.2) is 4.79 Å². The summed E-state index contributed by atoms with van der Waals surface area (Å²) >= 11 is 0. The van der Waals surface area contributed by atoms with Gasteiger partial charge in [-0.2, -0.15) is 0 Å². The summed E-state index contributed by atoms with van der Waals surface area (Å²) in [6, 6.07) is -4.29. The van der Waals surface area contributed by atoms with Crippen LogP contribution in [0.1, 0.15) is 60.3 Å². The van der Waals surface area contributed by atoms with Gasteiger partial charge in [-0.05, 0) is 38.0 Å². The van der Waals surface area contributed by atoms with Crippen LogP contribution in [0.25, 0.3) is 0 Å². The van der Waals surface area contributed by atoms with Crippen LogP contribution in [0, 0.1) is 11.8 Å². The molecule has 3 amide bonds. The minimum Gasteiger partial charge on any atom is -0.481 e. The number of amides is 3. The normalized spacial score (nSPS) is 15.0. The molecule has 0 bridgehead atoms. The van der Waals surface area contributed by atoms with Gasteiger partial charge in [0, 0.05) is 6.42 Å². The van der Waals surface area contributed by atoms with Gasteiger partial charge in [0.1, 0.15) is 18.1 Å². The SMILES string of the molecule is CC(C)CC(NC(=O)C(CCC(=O)O)NC(=O)C(CC(C)C)NC(=O)C(C)N)C(=O)O. The van der Waals surface area contributed by atoms with Crippen LogP contribution in [0.2, 0.25) is 0 Å². The number of carboxylic acids is 2. The summed E-state index contributed by atoms with van der Waals surface area (Å²) in [5.74, 6) is -4.42. The fraction of sp³-hybridized carbons (Fsp3) is 0.750. The van der Waals surface area contributed by atoms with Crippen LogP contribution in [0.4, 0.5) is 0 Å². The molecule has 0 aromatic rings. The lowest BCUT2D eigenvalue weighted by Gasteiger charge is -2.25. The highest BCUT2D eigenvalue weighted by molar-refractivity contribution is 5.94. The Morgan fingerprint density at radius 2 is 1.13 bits per heavy atom. The van der Waals surface area contributed by atoms with E-state index in [-0.39, 0.29) is 31.1 Å². The first-order valence-electron chi connectivity index (χ1n) is 10.4. The van der Waals surface area contributed by atoms with Gasteiger partial charge in [0.25, 0.3) is 0 Å². The molecule has 4 unspecified atom stereocenters. The van der Waals surface area contributed by atoms with Gasteiger partial charge >= 0.3 is 11.9 Å². The van der Waals surface area contributed by atoms with Crippen molar-refractivity contribution in [2.75, 3.05) is 0 Å². The Kier molecular flexibility index (Phi) is 12.4. The molecule has 31 heavy (non-hydrogen) atoms. The van der Waals surface area contributed by atoms with Crippen LogP contribution in [-0.2, 0) is 24.0 Å². The molecule has 0 aliphatic heterocycles. The van der Waals surface area contributed by atoms with Gasteiger partial charge < -0.3 is 31.9 Å². The van der Waals surface area contributed by atoms with E-state index in [1.54, 1.807) is 13.8 Å². The number of carbonyl (C=O) groups excluding carboxylic acids is 3. The second-order valence-electron chi connectivity index (χ2n) is 8.50. The first-order valence-corrected chi connectivity index (χ1v) is 10.4. The molecule has 0 aromatic heterocycles. The smallest absolute Gasteiger partial charge is 0.326 e. The number of hydrogen-bond acceptors (Lipinski definition) is 6. The van der Waals surface area contributed by atoms with Crippen molar-refractivity contribution in [3.63, 3.8) is 0 Å². The largest absolute Gasteiger partial charge is 0.481 e. The van der Waals surface area contributed by atoms with Crippen LogP contribution >= 0.6 is 0 Å². The monoisotopic (exact) mass is 444 g/mol. The zero-order valence-corrected chi connectivity index (χ0v) is 18.8. The Labute approximate surface area is 182 Å². The van der Waals surface area contributed by atoms with E-state index in [0.717, 1.165) is 0 Å². The lowest BCUT2D eigenvalue weighted by molar-refractivity contribution is -0.143. The summed E-state index contributed by atoms with van der Waals surface area (Å²) in [5, 5.41) is 25.6. The van der Waals surface area contributed by atoms with E-state index in [4.69, 9.17) is 10.8 Å². The van der Waals surface area contributed by atoms with Crippen LogP contribution in [0.5, 0.6) is 0 Å². The summed E-state index contributed by atoms with van der Waals surface area (Å²) in [6.45, 7) is 8.74. The summed E-state index contributed by atoms with van der Waals surface area (Å²) in [5.41, 5.74) is 5.54. The van der Waals surface area contributed by atoms with E-state index >= 15 is 0 Å². The van der Waals surface area contributed by atoms with Gasteiger partial charge in [0.05, 0.1) is 6.04 Å². The number of carboxylic acid groups (broad SMARTS) is 2. The molecule has 0 rings (SSSR count). The van der Waals surface area contributed by atoms with Crippen molar-refractivity contribution in [2.24, 2.45) is 17.6 Å². The number of carbonyl (C=O) groups is 5. The fourth-order valence-electron chi connectivity index (χ4n) is 2.78. The fourth-order valence-corrected chi connectivity index (χ4v) is 2.78. The average Bonchev–Trinajstić information content (AvgIpc) is 2.62. The third-order valence-corrected chi connectivity index (χ3v) is 4.36. The third kappa shape index (κ3) is 11.9. The van der Waals surface area contributed by atoms with Crippen LogP contribution < -0.4 is 21.7 Å². The topological polar surface area (TPSA) is 188 Å². The minimum absolute atomic E-state index is 0.0163. The molecule has 178 valence electrons. The van der Waals surface area contributed by atoms with E-state index in [0.29, 0.717) is 0 Å². The highest BCUT2D eigenvalue weighted by Gasteiger charge is 2.30. The van der Waals surface area contributed by atoms with Crippen molar-refractivity contribution in [3.05, 3.63) is 0 Å². The molecule has 0 aliphatic carbocycles. The number of nitrogens with one attached hydrogen (secondary N) is 3. The second kappa shape index (κ2) is 13.6. The molecule has 0 saturated carbocycles. The van der Waals surface area contributed by atoms with Gasteiger partial charge in [0.15, 0.2) is 0 Å². The molecule has 0 fully saturated rings. The maximum Gasteiger partial charge on any atom is 0.326 e. The number of aliphatic carboxylic acids is 2. The van der Waals surface area contributed by atoms with Crippen LogP contribution in [0.3, 0.4) is 0 Å². The molecule has 0 aliphatic rings. The molecule has 4 atom stereocenters. The molecule has 0 heterocycles. The molecule has 11 heteroatoms. The van der Waals surface area contributed by atoms with Crippen LogP contribution in [-0.4, -0.2) is 64.0 Å². The molecule has 0 saturated heterocycles. The predicted octanol–water partition coefficient (Wildman–Crippen LogP) is -0.170. The number of nitrogens with two attached hydrogens (primary N) is 1. The van der Waals surface area contributed by atoms with Crippen molar-refractivity contribution in [1.82, 2.24) is 16.0 Å². The van der Waals surface area contributed by atoms with Crippen molar-refractivity contribution in [2.45, 2.75) is 84.5 Å². The Morgan fingerprint density at radius 3 is 1.55 bits per heavy atom. The van der Waals surface area contributed by atoms with E-state index < -0.39 is 60.2 Å². The molecule has 0 aromatic carbocycles. The van der Waals surface area contributed by atoms with Crippen molar-refractivity contribution >= 4 is 29.7 Å². The Balaban J connectivity index is 5.50. The maximum atomic E-state index is 12.8. The highest BCUT2D eigenvalue weighted by atomic mass is 16.4. The lowest BCUT2D eigenvalue weighted by Crippen LogP contribution is -2.57. The summed E-state index contributed by atoms with van der Waals surface area (Å²) < 4.78 is 0. The molecular weight excluding hydrogens is 408 g/mol. The Bertz CT molecular complexity index is 649. The minimum atomic E-state index is -1.28. The third-order valence-electron chi connectivity index (χ3n) is 4.36. The van der Waals surface area contributed by atoms with Crippen molar-refractivity contribution in [1.29, 1.82) is 0 Å². The van der Waals surface area contributed by atoms with Crippen molar-refractivity contribution in [3.8, 4) is 0 Å². The highest BCUT2D eigenvalue weighted by Crippen LogP contribution is 2.09. The summed E-state index contributed by atoms with van der Waals surface area (Å²) in [6.07, 6.45) is -0.221. The molecule has 7 N–H and O–H groups in total. The summed E-state index contributed by atoms with van der Waals surface area (Å²) in [4.78, 5) is 59.8. The van der Waals surface area contributed by atoms with Gasteiger partial charge in [-0.15, -0.1) is 0 Å². The first-order chi connectivity index (χ1) is 14.2. The van der Waals surface area contributed by atoms with E-state index in [9.17, 15) is 29.1 Å². The van der Waals surface area contributed by atoms with Crippen LogP contribution in [0.15, 0.2) is 0 Å². The predicted molar refractivity (Wildman–Crippen MR) is 113 cm³/mol. The standard InChI is InChI=1S/C20H36N4O7/c1-10(2)8-14(23-17(27)12(5)21)19(29)22-13(6-7-16(25)26)18(28)24-15(20(30)31)9-11(3)4/h10-15H,6-9,21H2,1-5H3,(H,22,29)(H,23,27)(H,24,28)(H,25,26)(H,30,31). The van der Waals surface area contributed by atoms with E-state index in [1.807, 2.05) is 13.8 Å². The lowest BCUT2D eigenvalue weighted by atomic mass is 10.0. The van der Waals surface area contributed by atoms with Gasteiger partial charge in [0.2, 0.25) is 17.7 Å². The number of rotatable bonds is 14.